The van der Waals surface area contributed by atoms with Crippen molar-refractivity contribution in [3.05, 3.63) is 77.6 Å². The molecule has 0 spiro atoms. The van der Waals surface area contributed by atoms with E-state index in [4.69, 9.17) is 4.74 Å². The van der Waals surface area contributed by atoms with Crippen LogP contribution in [0.4, 0.5) is 17.1 Å². The predicted octanol–water partition coefficient (Wildman–Crippen LogP) is 5.48. The van der Waals surface area contributed by atoms with Crippen LogP contribution in [0.5, 0.6) is 5.75 Å². The number of carbonyl (C=O) groups is 1. The summed E-state index contributed by atoms with van der Waals surface area (Å²) in [5.41, 5.74) is 5.00. The molecule has 1 heterocycles. The van der Waals surface area contributed by atoms with Crippen molar-refractivity contribution in [2.75, 3.05) is 10.6 Å². The fraction of sp³-hybridized carbons (Fsp3) is 0.217. The Morgan fingerprint density at radius 3 is 2.54 bits per heavy atom. The highest BCUT2D eigenvalue weighted by Gasteiger charge is 2.11. The molecule has 0 aliphatic carbocycles. The van der Waals surface area contributed by atoms with Crippen LogP contribution < -0.4 is 15.4 Å². The number of aryl methyl sites for hydroxylation is 2. The van der Waals surface area contributed by atoms with Crippen molar-refractivity contribution >= 4 is 23.0 Å². The third-order valence-electron chi connectivity index (χ3n) is 4.16. The lowest BCUT2D eigenvalue weighted by atomic mass is 10.1. The number of hydrogen-bond donors (Lipinski definition) is 2. The Labute approximate surface area is 165 Å². The molecule has 0 bridgehead atoms. The van der Waals surface area contributed by atoms with E-state index in [2.05, 4.69) is 15.6 Å². The number of ether oxygens (including phenoxy) is 1. The van der Waals surface area contributed by atoms with Gasteiger partial charge in [0.05, 0.1) is 29.2 Å². The molecule has 5 nitrogen and oxygen atoms in total. The van der Waals surface area contributed by atoms with Crippen LogP contribution in [0.2, 0.25) is 0 Å². The molecule has 1 aromatic heterocycles. The molecule has 5 heteroatoms. The van der Waals surface area contributed by atoms with Gasteiger partial charge in [0, 0.05) is 11.9 Å². The number of carbonyl (C=O) groups excluding carboxylic acids is 1. The normalized spacial score (nSPS) is 10.6. The molecular formula is C23H25N3O2. The van der Waals surface area contributed by atoms with Gasteiger partial charge in [-0.05, 0) is 57.5 Å². The summed E-state index contributed by atoms with van der Waals surface area (Å²) in [5.74, 6) is 0.553. The van der Waals surface area contributed by atoms with E-state index in [9.17, 15) is 4.79 Å². The van der Waals surface area contributed by atoms with Crippen LogP contribution in [0.25, 0.3) is 0 Å². The fourth-order valence-electron chi connectivity index (χ4n) is 2.86. The summed E-state index contributed by atoms with van der Waals surface area (Å²) in [5, 5.41) is 6.24. The molecule has 3 aromatic rings. The standard InChI is InChI=1S/C23H25N3O2/c1-15(2)28-22-8-6-5-7-21(22)25-19-12-18(13-24-14-19)23(27)26-20-10-9-16(3)11-17(20)4/h5-15,25H,1-4H3,(H,26,27). The van der Waals surface area contributed by atoms with Crippen molar-refractivity contribution in [1.29, 1.82) is 0 Å². The SMILES string of the molecule is Cc1ccc(NC(=O)c2cncc(Nc3ccccc3OC(C)C)c2)c(C)c1. The van der Waals surface area contributed by atoms with Gasteiger partial charge in [0.15, 0.2) is 0 Å². The van der Waals surface area contributed by atoms with E-state index in [-0.39, 0.29) is 12.0 Å². The number of pyridine rings is 1. The second-order valence-electron chi connectivity index (χ2n) is 7.02. The van der Waals surface area contributed by atoms with Crippen LogP contribution in [0, 0.1) is 13.8 Å². The van der Waals surface area contributed by atoms with Crippen LogP contribution in [0.15, 0.2) is 60.9 Å². The highest BCUT2D eigenvalue weighted by atomic mass is 16.5. The molecule has 1 amide bonds. The number of para-hydroxylation sites is 2. The average molecular weight is 375 g/mol. The molecule has 3 rings (SSSR count). The first-order chi connectivity index (χ1) is 13.4. The van der Waals surface area contributed by atoms with Gasteiger partial charge >= 0.3 is 0 Å². The highest BCUT2D eigenvalue weighted by Crippen LogP contribution is 2.28. The average Bonchev–Trinajstić information content (AvgIpc) is 2.65. The van der Waals surface area contributed by atoms with Gasteiger partial charge in [-0.15, -0.1) is 0 Å². The van der Waals surface area contributed by atoms with Crippen molar-refractivity contribution < 1.29 is 9.53 Å². The second kappa shape index (κ2) is 8.57. The van der Waals surface area contributed by atoms with Crippen LogP contribution in [0.3, 0.4) is 0 Å². The summed E-state index contributed by atoms with van der Waals surface area (Å²) in [6.45, 7) is 7.97. The van der Waals surface area contributed by atoms with Gasteiger partial charge in [0.25, 0.3) is 5.91 Å². The lowest BCUT2D eigenvalue weighted by Crippen LogP contribution is -2.13. The number of hydrogen-bond acceptors (Lipinski definition) is 4. The molecular weight excluding hydrogens is 350 g/mol. The number of amides is 1. The molecule has 28 heavy (non-hydrogen) atoms. The zero-order chi connectivity index (χ0) is 20.1. The van der Waals surface area contributed by atoms with Crippen molar-refractivity contribution in [3.8, 4) is 5.75 Å². The number of benzene rings is 2. The first-order valence-corrected chi connectivity index (χ1v) is 9.29. The lowest BCUT2D eigenvalue weighted by molar-refractivity contribution is 0.102. The molecule has 2 N–H and O–H groups in total. The zero-order valence-electron chi connectivity index (χ0n) is 16.6. The van der Waals surface area contributed by atoms with Gasteiger partial charge in [-0.1, -0.05) is 29.8 Å². The van der Waals surface area contributed by atoms with E-state index >= 15 is 0 Å². The van der Waals surface area contributed by atoms with Crippen molar-refractivity contribution in [1.82, 2.24) is 4.98 Å². The van der Waals surface area contributed by atoms with Crippen molar-refractivity contribution in [3.63, 3.8) is 0 Å². The van der Waals surface area contributed by atoms with E-state index in [1.54, 1.807) is 18.5 Å². The van der Waals surface area contributed by atoms with Crippen molar-refractivity contribution in [2.45, 2.75) is 33.8 Å². The Hall–Kier alpha value is -3.34. The molecule has 0 saturated carbocycles. The van der Waals surface area contributed by atoms with Crippen LogP contribution >= 0.6 is 0 Å². The lowest BCUT2D eigenvalue weighted by Gasteiger charge is -2.15. The van der Waals surface area contributed by atoms with Gasteiger partial charge in [-0.2, -0.15) is 0 Å². The molecule has 144 valence electrons. The zero-order valence-corrected chi connectivity index (χ0v) is 16.6. The third-order valence-corrected chi connectivity index (χ3v) is 4.16. The first kappa shape index (κ1) is 19.4. The quantitative estimate of drug-likeness (QED) is 0.599. The van der Waals surface area contributed by atoms with E-state index in [0.29, 0.717) is 11.3 Å². The summed E-state index contributed by atoms with van der Waals surface area (Å²) >= 11 is 0. The summed E-state index contributed by atoms with van der Waals surface area (Å²) in [6.07, 6.45) is 3.30. The largest absolute Gasteiger partial charge is 0.489 e. The Morgan fingerprint density at radius 1 is 1.00 bits per heavy atom. The maximum absolute atomic E-state index is 12.7. The summed E-state index contributed by atoms with van der Waals surface area (Å²) in [6, 6.07) is 15.4. The number of rotatable bonds is 6. The summed E-state index contributed by atoms with van der Waals surface area (Å²) in [7, 11) is 0. The van der Waals surface area contributed by atoms with Crippen LogP contribution in [0.1, 0.15) is 35.3 Å². The number of nitrogens with zero attached hydrogens (tertiary/aromatic N) is 1. The molecule has 0 atom stereocenters. The maximum Gasteiger partial charge on any atom is 0.257 e. The second-order valence-corrected chi connectivity index (χ2v) is 7.02. The minimum atomic E-state index is -0.199. The van der Waals surface area contributed by atoms with E-state index < -0.39 is 0 Å². The topological polar surface area (TPSA) is 63.2 Å². The summed E-state index contributed by atoms with van der Waals surface area (Å²) < 4.78 is 5.83. The molecule has 0 unspecified atom stereocenters. The number of nitrogens with one attached hydrogen (secondary N) is 2. The summed E-state index contributed by atoms with van der Waals surface area (Å²) in [4.78, 5) is 16.9. The molecule has 0 aliphatic heterocycles. The molecule has 0 fully saturated rings. The van der Waals surface area contributed by atoms with Crippen LogP contribution in [-0.4, -0.2) is 17.0 Å². The molecule has 0 aliphatic rings. The number of anilines is 3. The maximum atomic E-state index is 12.7. The van der Waals surface area contributed by atoms with Crippen LogP contribution in [-0.2, 0) is 0 Å². The van der Waals surface area contributed by atoms with E-state index in [1.807, 2.05) is 70.2 Å². The highest BCUT2D eigenvalue weighted by molar-refractivity contribution is 6.05. The number of aromatic nitrogens is 1. The van der Waals surface area contributed by atoms with Gasteiger partial charge in [0.2, 0.25) is 0 Å². The molecule has 2 aromatic carbocycles. The minimum absolute atomic E-state index is 0.0657. The molecule has 0 saturated heterocycles. The smallest absolute Gasteiger partial charge is 0.257 e. The Morgan fingerprint density at radius 2 is 1.79 bits per heavy atom. The Kier molecular flexibility index (Phi) is 5.94. The third kappa shape index (κ3) is 4.88. The van der Waals surface area contributed by atoms with Crippen molar-refractivity contribution in [2.24, 2.45) is 0 Å². The van der Waals surface area contributed by atoms with E-state index in [0.717, 1.165) is 28.3 Å². The monoisotopic (exact) mass is 375 g/mol. The van der Waals surface area contributed by atoms with Gasteiger partial charge in [-0.3, -0.25) is 9.78 Å². The fourth-order valence-corrected chi connectivity index (χ4v) is 2.86. The predicted molar refractivity (Wildman–Crippen MR) is 114 cm³/mol. The Balaban J connectivity index is 1.78. The molecule has 0 radical (unpaired) electrons. The van der Waals surface area contributed by atoms with Gasteiger partial charge in [0.1, 0.15) is 5.75 Å². The first-order valence-electron chi connectivity index (χ1n) is 9.29. The van der Waals surface area contributed by atoms with Gasteiger partial charge in [-0.25, -0.2) is 0 Å². The van der Waals surface area contributed by atoms with E-state index in [1.165, 1.54) is 0 Å². The Bertz CT molecular complexity index is 983. The minimum Gasteiger partial charge on any atom is -0.489 e. The van der Waals surface area contributed by atoms with Gasteiger partial charge < -0.3 is 15.4 Å².